The second kappa shape index (κ2) is 13.9. The van der Waals surface area contributed by atoms with E-state index in [1.807, 2.05) is 23.1 Å². The zero-order valence-electron chi connectivity index (χ0n) is 23.3. The van der Waals surface area contributed by atoms with Crippen molar-refractivity contribution in [3.63, 3.8) is 0 Å². The molecule has 15 heteroatoms. The number of pyridine rings is 2. The van der Waals surface area contributed by atoms with Gasteiger partial charge in [0.15, 0.2) is 0 Å². The van der Waals surface area contributed by atoms with Crippen LogP contribution < -0.4 is 15.0 Å². The molecule has 1 saturated heterocycles. The molecule has 0 saturated carbocycles. The molecule has 0 radical (unpaired) electrons. The minimum absolute atomic E-state index is 0.0162. The second-order valence-electron chi connectivity index (χ2n) is 9.97. The molecule has 1 unspecified atom stereocenters. The molecule has 4 rings (SSSR count). The Balaban J connectivity index is 0.000000616. The highest BCUT2D eigenvalue weighted by molar-refractivity contribution is 5.85. The lowest BCUT2D eigenvalue weighted by Gasteiger charge is -2.35. The molecule has 0 spiro atoms. The third-order valence-electron chi connectivity index (χ3n) is 6.05. The van der Waals surface area contributed by atoms with E-state index in [-0.39, 0.29) is 12.6 Å². The molecule has 0 aliphatic carbocycles. The summed E-state index contributed by atoms with van der Waals surface area (Å²) in [5.41, 5.74) is 2.73. The summed E-state index contributed by atoms with van der Waals surface area (Å²) in [5.74, 6) is -0.964. The maximum Gasteiger partial charge on any atom is 0.490 e. The van der Waals surface area contributed by atoms with Gasteiger partial charge < -0.3 is 30.1 Å². The number of fused-ring (bicyclic) bond motifs is 1. The third-order valence-corrected chi connectivity index (χ3v) is 6.05. The van der Waals surface area contributed by atoms with Crippen molar-refractivity contribution in [3.8, 4) is 22.9 Å². The van der Waals surface area contributed by atoms with Crippen LogP contribution in [0.3, 0.4) is 0 Å². The molecule has 1 aliphatic heterocycles. The first-order valence-corrected chi connectivity index (χ1v) is 13.1. The highest BCUT2D eigenvalue weighted by Gasteiger charge is 2.38. The first-order valence-electron chi connectivity index (χ1n) is 13.1. The number of hydrogen-bond acceptors (Lipinski definition) is 8. The lowest BCUT2D eigenvalue weighted by molar-refractivity contribution is -0.192. The van der Waals surface area contributed by atoms with Crippen molar-refractivity contribution in [2.75, 3.05) is 44.2 Å². The van der Waals surface area contributed by atoms with Crippen LogP contribution in [0.5, 0.6) is 5.75 Å². The predicted octanol–water partition coefficient (Wildman–Crippen LogP) is 3.15. The minimum Gasteiger partial charge on any atom is -0.489 e. The van der Waals surface area contributed by atoms with E-state index < -0.39 is 18.2 Å². The van der Waals surface area contributed by atoms with Gasteiger partial charge in [-0.1, -0.05) is 13.8 Å². The molecule has 4 heterocycles. The standard InChI is InChI=1S/C25H31N7O3.C2HF3O2/c1-17(2)12-28-25(34)31-8-6-30(7-9-31)23-5-4-19(13-27-23)22-10-21(35-16-18(3)33)15-32-24(22)20(11-26)14-29-32;3-2(4,5)1(6)7/h4-5,10,13-15,17-18,33H,6-9,12,16H2,1-3H3,(H,28,34);(H,6,7). The Morgan fingerprint density at radius 2 is 1.83 bits per heavy atom. The van der Waals surface area contributed by atoms with Crippen LogP contribution in [0.2, 0.25) is 0 Å². The van der Waals surface area contributed by atoms with Gasteiger partial charge in [-0.15, -0.1) is 0 Å². The van der Waals surface area contributed by atoms with Crippen LogP contribution in [0.4, 0.5) is 23.8 Å². The Hall–Kier alpha value is -4.58. The molecular weight excluding hydrogens is 559 g/mol. The zero-order chi connectivity index (χ0) is 31.0. The average molecular weight is 592 g/mol. The second-order valence-corrected chi connectivity index (χ2v) is 9.97. The first-order chi connectivity index (χ1) is 19.8. The Labute approximate surface area is 239 Å². The number of nitrogens with zero attached hydrogens (tertiary/aromatic N) is 6. The number of nitrogens with one attached hydrogen (secondary N) is 1. The fourth-order valence-corrected chi connectivity index (χ4v) is 3.97. The lowest BCUT2D eigenvalue weighted by atomic mass is 10.1. The number of aliphatic hydroxyl groups is 1. The number of ether oxygens (including phenoxy) is 1. The van der Waals surface area contributed by atoms with Crippen molar-refractivity contribution >= 4 is 23.3 Å². The number of piperazine rings is 1. The van der Waals surface area contributed by atoms with Crippen molar-refractivity contribution in [1.82, 2.24) is 24.8 Å². The summed E-state index contributed by atoms with van der Waals surface area (Å²) in [5, 5.41) is 33.5. The average Bonchev–Trinajstić information content (AvgIpc) is 3.37. The first kappa shape index (κ1) is 31.9. The van der Waals surface area contributed by atoms with Gasteiger partial charge in [0.2, 0.25) is 0 Å². The van der Waals surface area contributed by atoms with Crippen molar-refractivity contribution < 1.29 is 37.7 Å². The number of amides is 2. The van der Waals surface area contributed by atoms with Crippen LogP contribution in [0, 0.1) is 17.2 Å². The highest BCUT2D eigenvalue weighted by Crippen LogP contribution is 2.31. The maximum atomic E-state index is 12.3. The van der Waals surface area contributed by atoms with E-state index in [0.717, 1.165) is 16.9 Å². The van der Waals surface area contributed by atoms with Crippen molar-refractivity contribution in [1.29, 1.82) is 5.26 Å². The number of aliphatic hydroxyl groups excluding tert-OH is 1. The molecule has 226 valence electrons. The highest BCUT2D eigenvalue weighted by atomic mass is 19.4. The van der Waals surface area contributed by atoms with E-state index in [2.05, 4.69) is 40.2 Å². The molecule has 42 heavy (non-hydrogen) atoms. The number of aromatic nitrogens is 3. The van der Waals surface area contributed by atoms with Crippen LogP contribution >= 0.6 is 0 Å². The van der Waals surface area contributed by atoms with Crippen molar-refractivity contribution in [2.24, 2.45) is 5.92 Å². The summed E-state index contributed by atoms with van der Waals surface area (Å²) in [4.78, 5) is 29.9. The summed E-state index contributed by atoms with van der Waals surface area (Å²) in [6, 6.07) is 7.93. The normalized spacial score (nSPS) is 14.2. The van der Waals surface area contributed by atoms with Gasteiger partial charge in [-0.05, 0) is 31.0 Å². The van der Waals surface area contributed by atoms with Crippen LogP contribution in [-0.4, -0.2) is 93.3 Å². The van der Waals surface area contributed by atoms with Gasteiger partial charge in [0.05, 0.1) is 29.6 Å². The number of nitriles is 1. The Bertz CT molecular complexity index is 1410. The lowest BCUT2D eigenvalue weighted by Crippen LogP contribution is -2.52. The number of anilines is 1. The molecule has 2 amide bonds. The van der Waals surface area contributed by atoms with Crippen molar-refractivity contribution in [2.45, 2.75) is 33.1 Å². The molecule has 1 fully saturated rings. The Kier molecular flexibility index (Phi) is 10.5. The largest absolute Gasteiger partial charge is 0.490 e. The number of rotatable bonds is 7. The number of carboxylic acid groups (broad SMARTS) is 1. The number of hydrogen-bond donors (Lipinski definition) is 3. The molecule has 0 bridgehead atoms. The zero-order valence-corrected chi connectivity index (χ0v) is 23.3. The molecule has 3 N–H and O–H groups in total. The molecule has 3 aromatic heterocycles. The van der Waals surface area contributed by atoms with Gasteiger partial charge in [0.1, 0.15) is 24.2 Å². The van der Waals surface area contributed by atoms with E-state index in [4.69, 9.17) is 14.6 Å². The van der Waals surface area contributed by atoms with Crippen LogP contribution in [0.25, 0.3) is 16.6 Å². The van der Waals surface area contributed by atoms with Gasteiger partial charge in [-0.3, -0.25) is 0 Å². The number of carboxylic acids is 1. The third kappa shape index (κ3) is 8.46. The van der Waals surface area contributed by atoms with Gasteiger partial charge >= 0.3 is 18.2 Å². The fourth-order valence-electron chi connectivity index (χ4n) is 3.97. The molecule has 1 atom stereocenters. The van der Waals surface area contributed by atoms with E-state index in [1.54, 1.807) is 23.8 Å². The quantitative estimate of drug-likeness (QED) is 0.376. The molecule has 12 nitrogen and oxygen atoms in total. The Morgan fingerprint density at radius 1 is 1.17 bits per heavy atom. The minimum atomic E-state index is -5.08. The fraction of sp³-hybridized carbons (Fsp3) is 0.444. The van der Waals surface area contributed by atoms with E-state index in [9.17, 15) is 28.3 Å². The van der Waals surface area contributed by atoms with Crippen molar-refractivity contribution in [3.05, 3.63) is 42.4 Å². The van der Waals surface area contributed by atoms with Gasteiger partial charge in [0, 0.05) is 50.0 Å². The predicted molar refractivity (Wildman–Crippen MR) is 146 cm³/mol. The van der Waals surface area contributed by atoms with Crippen LogP contribution in [0.15, 0.2) is 36.8 Å². The van der Waals surface area contributed by atoms with Gasteiger partial charge in [0.25, 0.3) is 0 Å². The van der Waals surface area contributed by atoms with Crippen LogP contribution in [0.1, 0.15) is 26.3 Å². The van der Waals surface area contributed by atoms with E-state index >= 15 is 0 Å². The number of carbonyl (C=O) groups excluding carboxylic acids is 1. The molecular formula is C27H32F3N7O5. The topological polar surface area (TPSA) is 156 Å². The maximum absolute atomic E-state index is 12.3. The van der Waals surface area contributed by atoms with Crippen LogP contribution in [-0.2, 0) is 4.79 Å². The summed E-state index contributed by atoms with van der Waals surface area (Å²) in [7, 11) is 0. The van der Waals surface area contributed by atoms with E-state index in [1.165, 1.54) is 6.20 Å². The number of halogens is 3. The summed E-state index contributed by atoms with van der Waals surface area (Å²) < 4.78 is 39.0. The number of carbonyl (C=O) groups is 2. The number of alkyl halides is 3. The smallest absolute Gasteiger partial charge is 0.489 e. The van der Waals surface area contributed by atoms with Gasteiger partial charge in [-0.2, -0.15) is 23.5 Å². The number of urea groups is 1. The monoisotopic (exact) mass is 591 g/mol. The summed E-state index contributed by atoms with van der Waals surface area (Å²) in [6.07, 6.45) is -0.695. The van der Waals surface area contributed by atoms with E-state index in [0.29, 0.717) is 55.5 Å². The Morgan fingerprint density at radius 3 is 2.36 bits per heavy atom. The number of aliphatic carboxylic acids is 1. The molecule has 1 aliphatic rings. The van der Waals surface area contributed by atoms with Gasteiger partial charge in [-0.25, -0.2) is 19.1 Å². The summed E-state index contributed by atoms with van der Waals surface area (Å²) >= 11 is 0. The summed E-state index contributed by atoms with van der Waals surface area (Å²) in [6.45, 7) is 9.31. The molecule has 3 aromatic rings. The SMILES string of the molecule is CC(C)CNC(=O)N1CCN(c2ccc(-c3cc(OCC(C)O)cn4ncc(C#N)c34)cn2)CC1.O=C(O)C(F)(F)F. The molecule has 0 aromatic carbocycles.